The van der Waals surface area contributed by atoms with Crippen LogP contribution >= 0.6 is 15.9 Å². The quantitative estimate of drug-likeness (QED) is 0.660. The molecule has 146 valence electrons. The number of amides is 3. The molecular weight excluding hydrogens is 427 g/mol. The zero-order valence-corrected chi connectivity index (χ0v) is 17.0. The monoisotopic (exact) mass is 446 g/mol. The van der Waals surface area contributed by atoms with Gasteiger partial charge in [-0.2, -0.15) is 0 Å². The van der Waals surface area contributed by atoms with Crippen LogP contribution in [0.25, 0.3) is 0 Å². The van der Waals surface area contributed by atoms with Gasteiger partial charge in [0.05, 0.1) is 6.54 Å². The Bertz CT molecular complexity index is 916. The Morgan fingerprint density at radius 3 is 2.54 bits per heavy atom. The summed E-state index contributed by atoms with van der Waals surface area (Å²) in [6.45, 7) is 1.36. The normalized spacial score (nSPS) is 19.0. The molecule has 2 aromatic rings. The fraction of sp³-hybridized carbons (Fsp3) is 0.286. The number of hydrogen-bond donors (Lipinski definition) is 1. The molecule has 0 spiro atoms. The van der Waals surface area contributed by atoms with Gasteiger partial charge in [0.1, 0.15) is 11.4 Å². The van der Waals surface area contributed by atoms with Crippen molar-refractivity contribution in [1.29, 1.82) is 0 Å². The number of aryl methyl sites for hydroxylation is 1. The maximum atomic E-state index is 13.3. The van der Waals surface area contributed by atoms with Gasteiger partial charge in [-0.15, -0.1) is 0 Å². The largest absolute Gasteiger partial charge is 0.325 e. The summed E-state index contributed by atoms with van der Waals surface area (Å²) in [5.74, 6) is -0.997. The van der Waals surface area contributed by atoms with Crippen molar-refractivity contribution in [3.63, 3.8) is 0 Å². The number of Topliss-reactive ketones (excluding diaryl/α,β-unsaturated/α-hetero) is 1. The minimum atomic E-state index is -1.11. The molecule has 0 bridgehead atoms. The number of halogens is 2. The topological polar surface area (TPSA) is 66.5 Å². The fourth-order valence-electron chi connectivity index (χ4n) is 3.21. The van der Waals surface area contributed by atoms with E-state index in [4.69, 9.17) is 0 Å². The summed E-state index contributed by atoms with van der Waals surface area (Å²) in [6, 6.07) is 12.9. The number of benzene rings is 2. The van der Waals surface area contributed by atoms with Gasteiger partial charge in [0.2, 0.25) is 0 Å². The maximum Gasteiger partial charge on any atom is 0.325 e. The van der Waals surface area contributed by atoms with Gasteiger partial charge >= 0.3 is 6.03 Å². The van der Waals surface area contributed by atoms with E-state index in [1.807, 2.05) is 24.3 Å². The molecule has 0 radical (unpaired) electrons. The minimum Gasteiger partial charge on any atom is -0.323 e. The van der Waals surface area contributed by atoms with Gasteiger partial charge in [-0.05, 0) is 55.2 Å². The zero-order chi connectivity index (χ0) is 20.3. The number of carbonyl (C=O) groups is 3. The number of nitrogens with zero attached hydrogens (tertiary/aromatic N) is 1. The number of rotatable bonds is 7. The van der Waals surface area contributed by atoms with Crippen LogP contribution in [0.4, 0.5) is 9.18 Å². The van der Waals surface area contributed by atoms with Crippen LogP contribution in [-0.2, 0) is 22.4 Å². The smallest absolute Gasteiger partial charge is 0.323 e. The summed E-state index contributed by atoms with van der Waals surface area (Å²) in [6.07, 6.45) is 0.893. The molecule has 1 N–H and O–H groups in total. The second kappa shape index (κ2) is 8.22. The Labute approximate surface area is 171 Å². The van der Waals surface area contributed by atoms with Crippen molar-refractivity contribution in [2.24, 2.45) is 0 Å². The molecule has 0 aromatic heterocycles. The molecule has 1 fully saturated rings. The molecule has 1 heterocycles. The lowest BCUT2D eigenvalue weighted by Gasteiger charge is -2.21. The summed E-state index contributed by atoms with van der Waals surface area (Å²) in [5.41, 5.74) is 0.448. The van der Waals surface area contributed by atoms with E-state index in [0.29, 0.717) is 12.8 Å². The molecule has 2 aromatic carbocycles. The van der Waals surface area contributed by atoms with Crippen molar-refractivity contribution >= 4 is 33.7 Å². The Hall–Kier alpha value is -2.54. The van der Waals surface area contributed by atoms with E-state index in [0.717, 1.165) is 20.5 Å². The highest BCUT2D eigenvalue weighted by molar-refractivity contribution is 9.10. The van der Waals surface area contributed by atoms with Crippen molar-refractivity contribution in [2.75, 3.05) is 6.54 Å². The van der Waals surface area contributed by atoms with E-state index >= 15 is 0 Å². The third-order valence-electron chi connectivity index (χ3n) is 4.80. The molecule has 1 aliphatic heterocycles. The minimum absolute atomic E-state index is 0.143. The van der Waals surface area contributed by atoms with E-state index in [1.165, 1.54) is 12.1 Å². The second-order valence-electron chi connectivity index (χ2n) is 7.13. The Balaban J connectivity index is 1.61. The number of ketones is 1. The molecule has 0 aliphatic carbocycles. The average molecular weight is 447 g/mol. The molecule has 1 atom stereocenters. The van der Waals surface area contributed by atoms with Crippen molar-refractivity contribution in [3.05, 3.63) is 69.9 Å². The van der Waals surface area contributed by atoms with Crippen LogP contribution in [-0.4, -0.2) is 34.7 Å². The van der Waals surface area contributed by atoms with Gasteiger partial charge < -0.3 is 5.32 Å². The average Bonchev–Trinajstić information content (AvgIpc) is 2.86. The van der Waals surface area contributed by atoms with Crippen LogP contribution in [0.1, 0.15) is 24.5 Å². The Morgan fingerprint density at radius 1 is 1.14 bits per heavy atom. The van der Waals surface area contributed by atoms with Crippen molar-refractivity contribution in [3.8, 4) is 0 Å². The predicted molar refractivity (Wildman–Crippen MR) is 106 cm³/mol. The van der Waals surface area contributed by atoms with Gasteiger partial charge in [-0.25, -0.2) is 9.18 Å². The number of hydrogen-bond acceptors (Lipinski definition) is 3. The van der Waals surface area contributed by atoms with Gasteiger partial charge in [0.15, 0.2) is 5.78 Å². The van der Waals surface area contributed by atoms with E-state index in [-0.39, 0.29) is 24.6 Å². The first kappa shape index (κ1) is 20.2. The molecule has 5 nitrogen and oxygen atoms in total. The highest BCUT2D eigenvalue weighted by atomic mass is 79.9. The lowest BCUT2D eigenvalue weighted by Crippen LogP contribution is -2.44. The molecule has 0 saturated carbocycles. The Kier molecular flexibility index (Phi) is 5.93. The first-order valence-corrected chi connectivity index (χ1v) is 9.71. The van der Waals surface area contributed by atoms with Crippen molar-refractivity contribution < 1.29 is 18.8 Å². The fourth-order valence-corrected chi connectivity index (χ4v) is 3.47. The van der Waals surface area contributed by atoms with E-state index in [2.05, 4.69) is 21.2 Å². The third kappa shape index (κ3) is 4.65. The van der Waals surface area contributed by atoms with E-state index < -0.39 is 17.5 Å². The van der Waals surface area contributed by atoms with E-state index in [9.17, 15) is 18.8 Å². The number of imide groups is 1. The standard InChI is InChI=1S/C21H20BrFN2O3/c1-21(10-9-14-3-2-4-17(23)11-14)19(27)25(20(28)24-21)13-18(26)12-15-5-7-16(22)8-6-15/h2-8,11H,9-10,12-13H2,1H3,(H,24,28). The summed E-state index contributed by atoms with van der Waals surface area (Å²) in [7, 11) is 0. The predicted octanol–water partition coefficient (Wildman–Crippen LogP) is 3.64. The maximum absolute atomic E-state index is 13.3. The molecular formula is C21H20BrFN2O3. The number of nitrogens with one attached hydrogen (secondary N) is 1. The number of urea groups is 1. The highest BCUT2D eigenvalue weighted by Crippen LogP contribution is 2.23. The zero-order valence-electron chi connectivity index (χ0n) is 15.4. The molecule has 1 aliphatic rings. The number of carbonyl (C=O) groups excluding carboxylic acids is 3. The van der Waals surface area contributed by atoms with Gasteiger partial charge in [0.25, 0.3) is 5.91 Å². The van der Waals surface area contributed by atoms with Crippen LogP contribution in [0.2, 0.25) is 0 Å². The molecule has 1 saturated heterocycles. The van der Waals surface area contributed by atoms with Crippen molar-refractivity contribution in [2.45, 2.75) is 31.7 Å². The lowest BCUT2D eigenvalue weighted by atomic mass is 9.93. The Morgan fingerprint density at radius 2 is 1.86 bits per heavy atom. The van der Waals surface area contributed by atoms with Crippen LogP contribution in [0.15, 0.2) is 53.0 Å². The van der Waals surface area contributed by atoms with Crippen LogP contribution < -0.4 is 5.32 Å². The third-order valence-corrected chi connectivity index (χ3v) is 5.33. The van der Waals surface area contributed by atoms with Crippen LogP contribution in [0, 0.1) is 5.82 Å². The summed E-state index contributed by atoms with van der Waals surface area (Å²) >= 11 is 3.33. The molecule has 28 heavy (non-hydrogen) atoms. The highest BCUT2D eigenvalue weighted by Gasteiger charge is 2.47. The summed E-state index contributed by atoms with van der Waals surface area (Å²) in [5, 5.41) is 2.68. The molecule has 3 amide bonds. The second-order valence-corrected chi connectivity index (χ2v) is 8.04. The van der Waals surface area contributed by atoms with Crippen molar-refractivity contribution in [1.82, 2.24) is 10.2 Å². The molecule has 1 unspecified atom stereocenters. The summed E-state index contributed by atoms with van der Waals surface area (Å²) < 4.78 is 14.2. The first-order valence-electron chi connectivity index (χ1n) is 8.91. The molecule has 3 rings (SSSR count). The van der Waals surface area contributed by atoms with Crippen LogP contribution in [0.5, 0.6) is 0 Å². The SMILES string of the molecule is CC1(CCc2cccc(F)c2)NC(=O)N(CC(=O)Cc2ccc(Br)cc2)C1=O. The van der Waals surface area contributed by atoms with Gasteiger partial charge in [-0.3, -0.25) is 14.5 Å². The van der Waals surface area contributed by atoms with Gasteiger partial charge in [0, 0.05) is 10.9 Å². The lowest BCUT2D eigenvalue weighted by molar-refractivity contribution is -0.134. The van der Waals surface area contributed by atoms with Gasteiger partial charge in [-0.1, -0.05) is 40.2 Å². The first-order chi connectivity index (χ1) is 13.3. The van der Waals surface area contributed by atoms with E-state index in [1.54, 1.807) is 19.1 Å². The summed E-state index contributed by atoms with van der Waals surface area (Å²) in [4.78, 5) is 38.4. The molecule has 7 heteroatoms. The van der Waals surface area contributed by atoms with Crippen LogP contribution in [0.3, 0.4) is 0 Å².